The van der Waals surface area contributed by atoms with Crippen LogP contribution in [0.5, 0.6) is 0 Å². The van der Waals surface area contributed by atoms with Crippen LogP contribution < -0.4 is 5.32 Å². The largest absolute Gasteiger partial charge is 0.339 e. The van der Waals surface area contributed by atoms with E-state index >= 15 is 0 Å². The molecule has 0 saturated carbocycles. The molecule has 3 nitrogen and oxygen atoms in total. The van der Waals surface area contributed by atoms with Crippen LogP contribution in [0.2, 0.25) is 0 Å². The molecule has 0 bridgehead atoms. The minimum atomic E-state index is 0.299. The molecule has 3 heteroatoms. The molecular weight excluding hydrogens is 260 g/mol. The highest BCUT2D eigenvalue weighted by atomic mass is 16.2. The van der Waals surface area contributed by atoms with Gasteiger partial charge < -0.3 is 10.2 Å². The number of piperidine rings is 1. The Labute approximate surface area is 128 Å². The summed E-state index contributed by atoms with van der Waals surface area (Å²) in [5.41, 5.74) is 1.21. The number of rotatable bonds is 6. The van der Waals surface area contributed by atoms with Gasteiger partial charge in [0.25, 0.3) is 0 Å². The van der Waals surface area contributed by atoms with E-state index in [2.05, 4.69) is 31.3 Å². The Kier molecular flexibility index (Phi) is 6.24. The average molecular weight is 288 g/mol. The van der Waals surface area contributed by atoms with E-state index in [0.717, 1.165) is 26.2 Å². The van der Waals surface area contributed by atoms with E-state index in [1.807, 2.05) is 23.1 Å². The summed E-state index contributed by atoms with van der Waals surface area (Å²) in [6, 6.07) is 10.3. The third kappa shape index (κ3) is 4.85. The summed E-state index contributed by atoms with van der Waals surface area (Å²) in [7, 11) is 0. The van der Waals surface area contributed by atoms with Crippen LogP contribution >= 0.6 is 0 Å². The monoisotopic (exact) mass is 288 g/mol. The molecule has 1 aliphatic heterocycles. The summed E-state index contributed by atoms with van der Waals surface area (Å²) in [5.74, 6) is 1.49. The van der Waals surface area contributed by atoms with Crippen LogP contribution in [0, 0.1) is 11.8 Å². The highest BCUT2D eigenvalue weighted by Gasteiger charge is 2.23. The Morgan fingerprint density at radius 2 is 1.95 bits per heavy atom. The molecule has 0 aliphatic carbocycles. The molecule has 0 radical (unpaired) electrons. The van der Waals surface area contributed by atoms with E-state index in [9.17, 15) is 4.79 Å². The van der Waals surface area contributed by atoms with Crippen molar-refractivity contribution in [1.29, 1.82) is 0 Å². The number of nitrogens with one attached hydrogen (secondary N) is 1. The number of benzene rings is 1. The number of hydrogen-bond acceptors (Lipinski definition) is 2. The topological polar surface area (TPSA) is 32.3 Å². The molecule has 1 heterocycles. The van der Waals surface area contributed by atoms with Crippen LogP contribution in [0.25, 0.3) is 0 Å². The number of carbonyl (C=O) groups excluding carboxylic acids is 1. The first kappa shape index (κ1) is 16.0. The van der Waals surface area contributed by atoms with Crippen molar-refractivity contribution in [2.45, 2.75) is 39.7 Å². The maximum atomic E-state index is 12.5. The van der Waals surface area contributed by atoms with Gasteiger partial charge in [0.1, 0.15) is 0 Å². The lowest BCUT2D eigenvalue weighted by atomic mass is 9.84. The van der Waals surface area contributed by atoms with E-state index in [1.165, 1.54) is 18.4 Å². The van der Waals surface area contributed by atoms with Gasteiger partial charge in [-0.25, -0.2) is 0 Å². The standard InChI is InChI=1S/C18H28N2O/c1-3-20(14-16-7-5-4-6-8-16)18(21)13-15(2)17-9-11-19-12-10-17/h4-8,15,17,19H,3,9-14H2,1-2H3. The van der Waals surface area contributed by atoms with Gasteiger partial charge in [-0.1, -0.05) is 37.3 Å². The van der Waals surface area contributed by atoms with Gasteiger partial charge >= 0.3 is 0 Å². The Balaban J connectivity index is 1.87. The molecule has 1 N–H and O–H groups in total. The molecule has 1 saturated heterocycles. The van der Waals surface area contributed by atoms with E-state index < -0.39 is 0 Å². The van der Waals surface area contributed by atoms with Crippen LogP contribution in [0.1, 0.15) is 38.7 Å². The van der Waals surface area contributed by atoms with Crippen LogP contribution in [0.15, 0.2) is 30.3 Å². The summed E-state index contributed by atoms with van der Waals surface area (Å²) in [5, 5.41) is 3.39. The fraction of sp³-hybridized carbons (Fsp3) is 0.611. The summed E-state index contributed by atoms with van der Waals surface area (Å²) in [6.45, 7) is 8.03. The lowest BCUT2D eigenvalue weighted by molar-refractivity contribution is -0.133. The van der Waals surface area contributed by atoms with Crippen LogP contribution in [-0.4, -0.2) is 30.4 Å². The summed E-state index contributed by atoms with van der Waals surface area (Å²) >= 11 is 0. The number of amides is 1. The second kappa shape index (κ2) is 8.18. The van der Waals surface area contributed by atoms with Crippen molar-refractivity contribution in [2.75, 3.05) is 19.6 Å². The first-order valence-corrected chi connectivity index (χ1v) is 8.23. The number of nitrogens with zero attached hydrogens (tertiary/aromatic N) is 1. The summed E-state index contributed by atoms with van der Waals surface area (Å²) in [4.78, 5) is 14.5. The predicted molar refractivity (Wildman–Crippen MR) is 86.9 cm³/mol. The maximum absolute atomic E-state index is 12.5. The van der Waals surface area contributed by atoms with Crippen molar-refractivity contribution >= 4 is 5.91 Å². The molecule has 116 valence electrons. The molecule has 0 spiro atoms. The highest BCUT2D eigenvalue weighted by molar-refractivity contribution is 5.76. The second-order valence-corrected chi connectivity index (χ2v) is 6.16. The fourth-order valence-corrected chi connectivity index (χ4v) is 3.16. The molecule has 21 heavy (non-hydrogen) atoms. The smallest absolute Gasteiger partial charge is 0.223 e. The van der Waals surface area contributed by atoms with E-state index in [0.29, 0.717) is 24.2 Å². The first-order chi connectivity index (χ1) is 10.2. The zero-order valence-corrected chi connectivity index (χ0v) is 13.3. The third-order valence-corrected chi connectivity index (χ3v) is 4.64. The van der Waals surface area contributed by atoms with Gasteiger partial charge in [-0.05, 0) is 50.3 Å². The lowest BCUT2D eigenvalue weighted by Crippen LogP contribution is -2.35. The van der Waals surface area contributed by atoms with E-state index in [-0.39, 0.29) is 0 Å². The minimum absolute atomic E-state index is 0.299. The molecule has 1 fully saturated rings. The minimum Gasteiger partial charge on any atom is -0.339 e. The molecule has 2 rings (SSSR count). The van der Waals surface area contributed by atoms with Gasteiger partial charge in [-0.15, -0.1) is 0 Å². The van der Waals surface area contributed by atoms with Crippen LogP contribution in [0.4, 0.5) is 0 Å². The molecule has 1 aromatic rings. The second-order valence-electron chi connectivity index (χ2n) is 6.16. The zero-order chi connectivity index (χ0) is 15.1. The normalized spacial score (nSPS) is 17.4. The number of carbonyl (C=O) groups is 1. The van der Waals surface area contributed by atoms with Crippen molar-refractivity contribution in [2.24, 2.45) is 11.8 Å². The van der Waals surface area contributed by atoms with Gasteiger partial charge in [0.05, 0.1) is 0 Å². The Bertz CT molecular complexity index is 426. The van der Waals surface area contributed by atoms with Crippen molar-refractivity contribution in [1.82, 2.24) is 10.2 Å². The average Bonchev–Trinajstić information content (AvgIpc) is 2.54. The predicted octanol–water partition coefficient (Wildman–Crippen LogP) is 3.06. The Morgan fingerprint density at radius 1 is 1.29 bits per heavy atom. The zero-order valence-electron chi connectivity index (χ0n) is 13.3. The summed E-state index contributed by atoms with van der Waals surface area (Å²) in [6.07, 6.45) is 3.10. The van der Waals surface area contributed by atoms with Gasteiger partial charge in [-0.3, -0.25) is 4.79 Å². The molecule has 1 amide bonds. The van der Waals surface area contributed by atoms with Gasteiger partial charge in [0.15, 0.2) is 0 Å². The molecule has 1 unspecified atom stereocenters. The summed E-state index contributed by atoms with van der Waals surface area (Å²) < 4.78 is 0. The van der Waals surface area contributed by atoms with Crippen LogP contribution in [0.3, 0.4) is 0 Å². The quantitative estimate of drug-likeness (QED) is 0.872. The Hall–Kier alpha value is -1.35. The van der Waals surface area contributed by atoms with E-state index in [4.69, 9.17) is 0 Å². The molecule has 1 aromatic carbocycles. The maximum Gasteiger partial charge on any atom is 0.223 e. The molecule has 1 atom stereocenters. The van der Waals surface area contributed by atoms with Crippen molar-refractivity contribution in [3.05, 3.63) is 35.9 Å². The highest BCUT2D eigenvalue weighted by Crippen LogP contribution is 2.25. The van der Waals surface area contributed by atoms with Gasteiger partial charge in [-0.2, -0.15) is 0 Å². The number of hydrogen-bond donors (Lipinski definition) is 1. The lowest BCUT2D eigenvalue weighted by Gasteiger charge is -2.30. The van der Waals surface area contributed by atoms with Crippen molar-refractivity contribution < 1.29 is 4.79 Å². The van der Waals surface area contributed by atoms with Crippen LogP contribution in [-0.2, 0) is 11.3 Å². The Morgan fingerprint density at radius 3 is 2.57 bits per heavy atom. The van der Waals surface area contributed by atoms with Gasteiger partial charge in [0, 0.05) is 19.5 Å². The van der Waals surface area contributed by atoms with Crippen molar-refractivity contribution in [3.63, 3.8) is 0 Å². The molecular formula is C18H28N2O. The first-order valence-electron chi connectivity index (χ1n) is 8.23. The fourth-order valence-electron chi connectivity index (χ4n) is 3.16. The van der Waals surface area contributed by atoms with Gasteiger partial charge in [0.2, 0.25) is 5.91 Å². The third-order valence-electron chi connectivity index (χ3n) is 4.64. The molecule has 1 aliphatic rings. The molecule has 0 aromatic heterocycles. The SMILES string of the molecule is CCN(Cc1ccccc1)C(=O)CC(C)C1CCNCC1. The van der Waals surface area contributed by atoms with Crippen molar-refractivity contribution in [3.8, 4) is 0 Å². The van der Waals surface area contributed by atoms with E-state index in [1.54, 1.807) is 0 Å².